The van der Waals surface area contributed by atoms with E-state index in [1.54, 1.807) is 4.52 Å². The molecule has 23 heavy (non-hydrogen) atoms. The molecule has 0 aliphatic carbocycles. The highest BCUT2D eigenvalue weighted by atomic mass is 16.6. The summed E-state index contributed by atoms with van der Waals surface area (Å²) in [5.41, 5.74) is 2.14. The van der Waals surface area contributed by atoms with Crippen molar-refractivity contribution < 1.29 is 9.53 Å². The third-order valence-electron chi connectivity index (χ3n) is 3.94. The molecule has 2 aromatic heterocycles. The number of ether oxygens (including phenoxy) is 1. The highest BCUT2D eigenvalue weighted by Gasteiger charge is 2.32. The van der Waals surface area contributed by atoms with Crippen LogP contribution in [0.15, 0.2) is 18.3 Å². The highest BCUT2D eigenvalue weighted by Crippen LogP contribution is 2.31. The molecular weight excluding hydrogens is 292 g/mol. The van der Waals surface area contributed by atoms with Gasteiger partial charge >= 0.3 is 6.09 Å². The van der Waals surface area contributed by atoms with Crippen molar-refractivity contribution in [2.75, 3.05) is 6.54 Å². The molecular formula is C17H24N4O2. The number of aromatic nitrogens is 3. The number of piperidine rings is 1. The number of aryl methyl sites for hydroxylation is 1. The van der Waals surface area contributed by atoms with E-state index in [0.717, 1.165) is 36.3 Å². The first kappa shape index (κ1) is 15.8. The van der Waals surface area contributed by atoms with Gasteiger partial charge in [0, 0.05) is 6.54 Å². The Bertz CT molecular complexity index is 717. The van der Waals surface area contributed by atoms with Crippen LogP contribution >= 0.6 is 0 Å². The Hall–Kier alpha value is -2.11. The lowest BCUT2D eigenvalue weighted by Gasteiger charge is -2.35. The van der Waals surface area contributed by atoms with E-state index in [1.807, 2.05) is 50.9 Å². The maximum atomic E-state index is 12.5. The molecule has 6 nitrogen and oxygen atoms in total. The number of carbonyl (C=O) groups is 1. The van der Waals surface area contributed by atoms with Crippen molar-refractivity contribution in [1.29, 1.82) is 0 Å². The van der Waals surface area contributed by atoms with Gasteiger partial charge in [-0.25, -0.2) is 14.3 Å². The van der Waals surface area contributed by atoms with Crippen molar-refractivity contribution in [3.8, 4) is 0 Å². The number of likely N-dealkylation sites (tertiary alicyclic amines) is 1. The van der Waals surface area contributed by atoms with Gasteiger partial charge in [-0.05, 0) is 59.1 Å². The largest absolute Gasteiger partial charge is 0.444 e. The molecule has 6 heteroatoms. The molecule has 1 saturated heterocycles. The summed E-state index contributed by atoms with van der Waals surface area (Å²) in [5, 5.41) is 4.44. The second kappa shape index (κ2) is 5.83. The highest BCUT2D eigenvalue weighted by molar-refractivity contribution is 5.69. The molecule has 1 atom stereocenters. The summed E-state index contributed by atoms with van der Waals surface area (Å²) in [4.78, 5) is 19.0. The fraction of sp³-hybridized carbons (Fsp3) is 0.588. The molecule has 124 valence electrons. The number of carbonyl (C=O) groups excluding carboxylic acids is 1. The maximum absolute atomic E-state index is 12.5. The smallest absolute Gasteiger partial charge is 0.410 e. The standard InChI is InChI=1S/C17H24N4O2/c1-12-8-9-15-18-13(11-21(15)19-12)14-7-5-6-10-20(14)16(22)23-17(2,3)4/h8-9,11,14H,5-7,10H2,1-4H3. The summed E-state index contributed by atoms with van der Waals surface area (Å²) in [6, 6.07) is 3.85. The molecule has 1 unspecified atom stereocenters. The van der Waals surface area contributed by atoms with Gasteiger partial charge in [0.25, 0.3) is 0 Å². The molecule has 3 rings (SSSR count). The van der Waals surface area contributed by atoms with Crippen molar-refractivity contribution in [1.82, 2.24) is 19.5 Å². The van der Waals surface area contributed by atoms with Gasteiger partial charge in [0.2, 0.25) is 0 Å². The van der Waals surface area contributed by atoms with Crippen LogP contribution in [0.3, 0.4) is 0 Å². The van der Waals surface area contributed by atoms with Gasteiger partial charge in [0.1, 0.15) is 5.60 Å². The van der Waals surface area contributed by atoms with Gasteiger partial charge in [-0.3, -0.25) is 4.90 Å². The Labute approximate surface area is 136 Å². The summed E-state index contributed by atoms with van der Waals surface area (Å²) >= 11 is 0. The summed E-state index contributed by atoms with van der Waals surface area (Å²) < 4.78 is 7.34. The van der Waals surface area contributed by atoms with Gasteiger partial charge in [0.15, 0.2) is 5.65 Å². The van der Waals surface area contributed by atoms with Crippen LogP contribution in [0.5, 0.6) is 0 Å². The number of rotatable bonds is 1. The number of amides is 1. The minimum Gasteiger partial charge on any atom is -0.444 e. The van der Waals surface area contributed by atoms with E-state index in [1.165, 1.54) is 0 Å². The van der Waals surface area contributed by atoms with Crippen molar-refractivity contribution in [2.24, 2.45) is 0 Å². The predicted octanol–water partition coefficient (Wildman–Crippen LogP) is 3.50. The third-order valence-corrected chi connectivity index (χ3v) is 3.94. The number of fused-ring (bicyclic) bond motifs is 1. The molecule has 0 bridgehead atoms. The van der Waals surface area contributed by atoms with E-state index in [0.29, 0.717) is 6.54 Å². The van der Waals surface area contributed by atoms with Crippen LogP contribution in [-0.4, -0.2) is 37.7 Å². The fourth-order valence-corrected chi connectivity index (χ4v) is 2.93. The van der Waals surface area contributed by atoms with Crippen LogP contribution in [0, 0.1) is 6.92 Å². The lowest BCUT2D eigenvalue weighted by molar-refractivity contribution is 0.00906. The van der Waals surface area contributed by atoms with E-state index in [-0.39, 0.29) is 12.1 Å². The molecule has 0 saturated carbocycles. The Kier molecular flexibility index (Phi) is 4.00. The molecule has 0 spiro atoms. The van der Waals surface area contributed by atoms with E-state index in [2.05, 4.69) is 10.1 Å². The molecule has 1 aliphatic rings. The number of hydrogen-bond donors (Lipinski definition) is 0. The number of imidazole rings is 1. The van der Waals surface area contributed by atoms with Gasteiger partial charge in [-0.2, -0.15) is 5.10 Å². The van der Waals surface area contributed by atoms with Crippen molar-refractivity contribution >= 4 is 11.7 Å². The molecule has 1 fully saturated rings. The van der Waals surface area contributed by atoms with Crippen LogP contribution in [0.25, 0.3) is 5.65 Å². The van der Waals surface area contributed by atoms with Gasteiger partial charge in [-0.1, -0.05) is 0 Å². The van der Waals surface area contributed by atoms with Gasteiger partial charge in [0.05, 0.1) is 23.6 Å². The topological polar surface area (TPSA) is 59.7 Å². The van der Waals surface area contributed by atoms with Crippen LogP contribution in [0.1, 0.15) is 57.5 Å². The zero-order valence-electron chi connectivity index (χ0n) is 14.2. The minimum atomic E-state index is -0.489. The van der Waals surface area contributed by atoms with Crippen molar-refractivity contribution in [3.05, 3.63) is 29.7 Å². The summed E-state index contributed by atoms with van der Waals surface area (Å²) in [6.07, 6.45) is 4.66. The number of hydrogen-bond acceptors (Lipinski definition) is 4. The average molecular weight is 316 g/mol. The van der Waals surface area contributed by atoms with Crippen LogP contribution in [0.4, 0.5) is 4.79 Å². The zero-order valence-corrected chi connectivity index (χ0v) is 14.2. The predicted molar refractivity (Wildman–Crippen MR) is 87.3 cm³/mol. The van der Waals surface area contributed by atoms with E-state index >= 15 is 0 Å². The van der Waals surface area contributed by atoms with Crippen LogP contribution in [-0.2, 0) is 4.74 Å². The molecule has 0 N–H and O–H groups in total. The van der Waals surface area contributed by atoms with Gasteiger partial charge in [-0.15, -0.1) is 0 Å². The molecule has 2 aromatic rings. The lowest BCUT2D eigenvalue weighted by Crippen LogP contribution is -2.42. The molecule has 0 aromatic carbocycles. The van der Waals surface area contributed by atoms with Crippen molar-refractivity contribution in [2.45, 2.75) is 58.6 Å². The monoisotopic (exact) mass is 316 g/mol. The summed E-state index contributed by atoms with van der Waals surface area (Å²) in [6.45, 7) is 8.33. The molecule has 1 amide bonds. The maximum Gasteiger partial charge on any atom is 0.410 e. The van der Waals surface area contributed by atoms with E-state index in [9.17, 15) is 4.79 Å². The van der Waals surface area contributed by atoms with E-state index in [4.69, 9.17) is 4.74 Å². The summed E-state index contributed by atoms with van der Waals surface area (Å²) in [7, 11) is 0. The van der Waals surface area contributed by atoms with Crippen LogP contribution < -0.4 is 0 Å². The Balaban J connectivity index is 1.89. The average Bonchev–Trinajstić information content (AvgIpc) is 2.88. The van der Waals surface area contributed by atoms with Crippen molar-refractivity contribution in [3.63, 3.8) is 0 Å². The molecule has 0 radical (unpaired) electrons. The minimum absolute atomic E-state index is 0.0411. The fourth-order valence-electron chi connectivity index (χ4n) is 2.93. The number of nitrogens with zero attached hydrogens (tertiary/aromatic N) is 4. The zero-order chi connectivity index (χ0) is 16.6. The lowest BCUT2D eigenvalue weighted by atomic mass is 10.0. The SMILES string of the molecule is Cc1ccc2nc(C3CCCCN3C(=O)OC(C)(C)C)cn2n1. The molecule has 3 heterocycles. The first-order chi connectivity index (χ1) is 10.8. The summed E-state index contributed by atoms with van der Waals surface area (Å²) in [5.74, 6) is 0. The van der Waals surface area contributed by atoms with Gasteiger partial charge < -0.3 is 4.74 Å². The van der Waals surface area contributed by atoms with Crippen LogP contribution in [0.2, 0.25) is 0 Å². The second-order valence-corrected chi connectivity index (χ2v) is 7.13. The third kappa shape index (κ3) is 3.46. The Morgan fingerprint density at radius 2 is 2.09 bits per heavy atom. The Morgan fingerprint density at radius 3 is 2.83 bits per heavy atom. The first-order valence-electron chi connectivity index (χ1n) is 8.16. The Morgan fingerprint density at radius 1 is 1.30 bits per heavy atom. The quantitative estimate of drug-likeness (QED) is 0.808. The second-order valence-electron chi connectivity index (χ2n) is 7.13. The first-order valence-corrected chi connectivity index (χ1v) is 8.16. The normalized spacial score (nSPS) is 19.1. The van der Waals surface area contributed by atoms with E-state index < -0.39 is 5.60 Å². The molecule has 1 aliphatic heterocycles.